The van der Waals surface area contributed by atoms with Crippen LogP contribution in [0.1, 0.15) is 19.3 Å². The van der Waals surface area contributed by atoms with Crippen molar-refractivity contribution in [2.24, 2.45) is 0 Å². The summed E-state index contributed by atoms with van der Waals surface area (Å²) >= 11 is 6.61. The van der Waals surface area contributed by atoms with Crippen molar-refractivity contribution in [1.29, 1.82) is 0 Å². The number of aromatic nitrogens is 3. The fourth-order valence-corrected chi connectivity index (χ4v) is 2.66. The SMILES string of the molecule is FC(F)(F)CCCCn1c(-c2cccs2)n[nH]c1=S. The van der Waals surface area contributed by atoms with Gasteiger partial charge in [-0.2, -0.15) is 18.3 Å². The van der Waals surface area contributed by atoms with Crippen molar-refractivity contribution < 1.29 is 13.2 Å². The smallest absolute Gasteiger partial charge is 0.299 e. The first-order valence-electron chi connectivity index (χ1n) is 5.73. The predicted octanol–water partition coefficient (Wildman–Crippen LogP) is 4.40. The van der Waals surface area contributed by atoms with Crippen LogP contribution in [0.2, 0.25) is 0 Å². The molecule has 104 valence electrons. The summed E-state index contributed by atoms with van der Waals surface area (Å²) in [6, 6.07) is 3.80. The number of alkyl halides is 3. The number of H-pyrrole nitrogens is 1. The standard InChI is InChI=1S/C11H12F3N3S2/c12-11(13,14)5-1-2-6-17-9(15-16-10(17)18)8-4-3-7-19-8/h3-4,7H,1-2,5-6H2,(H,16,18). The molecule has 0 unspecified atom stereocenters. The lowest BCUT2D eigenvalue weighted by atomic mass is 10.2. The van der Waals surface area contributed by atoms with Crippen LogP contribution >= 0.6 is 23.6 Å². The van der Waals surface area contributed by atoms with Gasteiger partial charge < -0.3 is 0 Å². The molecule has 0 fully saturated rings. The van der Waals surface area contributed by atoms with E-state index >= 15 is 0 Å². The van der Waals surface area contributed by atoms with E-state index in [1.165, 1.54) is 11.3 Å². The van der Waals surface area contributed by atoms with Gasteiger partial charge in [0.25, 0.3) is 0 Å². The maximum atomic E-state index is 12.1. The lowest BCUT2D eigenvalue weighted by molar-refractivity contribution is -0.135. The van der Waals surface area contributed by atoms with Crippen molar-refractivity contribution >= 4 is 23.6 Å². The molecule has 2 aromatic heterocycles. The third-order valence-corrected chi connectivity index (χ3v) is 3.77. The molecule has 0 aliphatic rings. The van der Waals surface area contributed by atoms with E-state index in [1.807, 2.05) is 17.5 Å². The summed E-state index contributed by atoms with van der Waals surface area (Å²) in [6.45, 7) is 0.443. The molecular formula is C11H12F3N3S2. The highest BCUT2D eigenvalue weighted by Crippen LogP contribution is 2.25. The molecule has 0 radical (unpaired) electrons. The van der Waals surface area contributed by atoms with Gasteiger partial charge in [0, 0.05) is 13.0 Å². The molecule has 0 aliphatic heterocycles. The summed E-state index contributed by atoms with van der Waals surface area (Å²) in [5, 5.41) is 8.72. The first kappa shape index (κ1) is 14.3. The van der Waals surface area contributed by atoms with Crippen LogP contribution in [0.4, 0.5) is 13.2 Å². The minimum absolute atomic E-state index is 0.0976. The van der Waals surface area contributed by atoms with Crippen LogP contribution in [-0.4, -0.2) is 20.9 Å². The highest BCUT2D eigenvalue weighted by atomic mass is 32.1. The molecule has 2 rings (SSSR count). The Labute approximate surface area is 117 Å². The maximum absolute atomic E-state index is 12.1. The van der Waals surface area contributed by atoms with Gasteiger partial charge in [-0.25, -0.2) is 0 Å². The summed E-state index contributed by atoms with van der Waals surface area (Å²) in [4.78, 5) is 0.947. The number of aromatic amines is 1. The van der Waals surface area contributed by atoms with E-state index in [-0.39, 0.29) is 6.42 Å². The van der Waals surface area contributed by atoms with Gasteiger partial charge in [-0.15, -0.1) is 11.3 Å². The van der Waals surface area contributed by atoms with E-state index in [2.05, 4.69) is 10.2 Å². The zero-order valence-electron chi connectivity index (χ0n) is 9.91. The number of halogens is 3. The number of thiophene rings is 1. The molecule has 1 N–H and O–H groups in total. The maximum Gasteiger partial charge on any atom is 0.389 e. The molecule has 0 saturated carbocycles. The fourth-order valence-electron chi connectivity index (χ4n) is 1.71. The van der Waals surface area contributed by atoms with Gasteiger partial charge in [0.05, 0.1) is 4.88 Å². The first-order valence-corrected chi connectivity index (χ1v) is 7.02. The van der Waals surface area contributed by atoms with E-state index < -0.39 is 12.6 Å². The average molecular weight is 307 g/mol. The molecule has 2 heterocycles. The van der Waals surface area contributed by atoms with Crippen molar-refractivity contribution in [1.82, 2.24) is 14.8 Å². The predicted molar refractivity (Wildman–Crippen MR) is 70.6 cm³/mol. The second-order valence-electron chi connectivity index (χ2n) is 4.05. The van der Waals surface area contributed by atoms with Crippen LogP contribution in [0.15, 0.2) is 17.5 Å². The van der Waals surface area contributed by atoms with Crippen LogP contribution in [0.3, 0.4) is 0 Å². The number of nitrogens with zero attached hydrogens (tertiary/aromatic N) is 2. The second kappa shape index (κ2) is 5.87. The molecule has 0 amide bonds. The molecule has 3 nitrogen and oxygen atoms in total. The summed E-state index contributed by atoms with van der Waals surface area (Å²) in [6.07, 6.45) is -4.33. The molecule has 0 aromatic carbocycles. The van der Waals surface area contributed by atoms with E-state index in [1.54, 1.807) is 4.57 Å². The van der Waals surface area contributed by atoms with Crippen LogP contribution in [-0.2, 0) is 6.54 Å². The number of nitrogens with one attached hydrogen (secondary N) is 1. The number of rotatable bonds is 5. The van der Waals surface area contributed by atoms with E-state index in [4.69, 9.17) is 12.2 Å². The Hall–Kier alpha value is -1.15. The summed E-state index contributed by atoms with van der Waals surface area (Å²) < 4.78 is 38.4. The highest BCUT2D eigenvalue weighted by molar-refractivity contribution is 7.71. The third kappa shape index (κ3) is 3.90. The number of unbranched alkanes of at least 4 members (excludes halogenated alkanes) is 1. The Morgan fingerprint density at radius 2 is 2.16 bits per heavy atom. The Bertz CT molecular complexity index is 569. The number of hydrogen-bond donors (Lipinski definition) is 1. The molecule has 0 bridgehead atoms. The molecule has 0 spiro atoms. The molecule has 0 aliphatic carbocycles. The summed E-state index contributed by atoms with van der Waals surface area (Å²) in [5.74, 6) is 0.687. The molecule has 0 atom stereocenters. The minimum Gasteiger partial charge on any atom is -0.299 e. The van der Waals surface area contributed by atoms with E-state index in [0.29, 0.717) is 23.6 Å². The van der Waals surface area contributed by atoms with Crippen LogP contribution < -0.4 is 0 Å². The van der Waals surface area contributed by atoms with Crippen LogP contribution in [0.5, 0.6) is 0 Å². The normalized spacial score (nSPS) is 11.9. The molecule has 2 aromatic rings. The molecule has 0 saturated heterocycles. The summed E-state index contributed by atoms with van der Waals surface area (Å²) in [7, 11) is 0. The third-order valence-electron chi connectivity index (χ3n) is 2.59. The topological polar surface area (TPSA) is 33.6 Å². The fraction of sp³-hybridized carbons (Fsp3) is 0.455. The van der Waals surface area contributed by atoms with Gasteiger partial charge in [0.15, 0.2) is 10.6 Å². The van der Waals surface area contributed by atoms with Crippen molar-refractivity contribution in [3.05, 3.63) is 22.3 Å². The van der Waals surface area contributed by atoms with Gasteiger partial charge >= 0.3 is 6.18 Å². The van der Waals surface area contributed by atoms with Crippen LogP contribution in [0, 0.1) is 4.77 Å². The Morgan fingerprint density at radius 1 is 1.37 bits per heavy atom. The Morgan fingerprint density at radius 3 is 2.79 bits per heavy atom. The van der Waals surface area contributed by atoms with Gasteiger partial charge in [0.1, 0.15) is 0 Å². The zero-order valence-corrected chi connectivity index (χ0v) is 11.5. The first-order chi connectivity index (χ1) is 8.97. The Balaban J connectivity index is 2.01. The van der Waals surface area contributed by atoms with Crippen molar-refractivity contribution in [3.63, 3.8) is 0 Å². The highest BCUT2D eigenvalue weighted by Gasteiger charge is 2.25. The summed E-state index contributed by atoms with van der Waals surface area (Å²) in [5.41, 5.74) is 0. The van der Waals surface area contributed by atoms with Gasteiger partial charge in [-0.3, -0.25) is 9.67 Å². The van der Waals surface area contributed by atoms with Crippen molar-refractivity contribution in [2.45, 2.75) is 32.0 Å². The van der Waals surface area contributed by atoms with E-state index in [9.17, 15) is 13.2 Å². The largest absolute Gasteiger partial charge is 0.389 e. The van der Waals surface area contributed by atoms with Crippen molar-refractivity contribution in [3.8, 4) is 10.7 Å². The van der Waals surface area contributed by atoms with Crippen molar-refractivity contribution in [2.75, 3.05) is 0 Å². The lowest BCUT2D eigenvalue weighted by Gasteiger charge is -2.07. The van der Waals surface area contributed by atoms with Gasteiger partial charge in [-0.1, -0.05) is 6.07 Å². The molecular weight excluding hydrogens is 295 g/mol. The lowest BCUT2D eigenvalue weighted by Crippen LogP contribution is -2.08. The quantitative estimate of drug-likeness (QED) is 0.656. The zero-order chi connectivity index (χ0) is 13.9. The molecule has 8 heteroatoms. The van der Waals surface area contributed by atoms with E-state index in [0.717, 1.165) is 4.88 Å². The number of hydrogen-bond acceptors (Lipinski definition) is 3. The minimum atomic E-state index is -4.09. The molecule has 19 heavy (non-hydrogen) atoms. The Kier molecular flexibility index (Phi) is 4.41. The van der Waals surface area contributed by atoms with Gasteiger partial charge in [-0.05, 0) is 36.5 Å². The van der Waals surface area contributed by atoms with Crippen LogP contribution in [0.25, 0.3) is 10.7 Å². The second-order valence-corrected chi connectivity index (χ2v) is 5.39. The monoisotopic (exact) mass is 307 g/mol. The van der Waals surface area contributed by atoms with Gasteiger partial charge in [0.2, 0.25) is 0 Å². The average Bonchev–Trinajstić information content (AvgIpc) is 2.93.